The van der Waals surface area contributed by atoms with Crippen LogP contribution in [0, 0.1) is 5.82 Å². The molecule has 0 spiro atoms. The highest BCUT2D eigenvalue weighted by atomic mass is 19.4. The number of aliphatic hydroxyl groups excluding tert-OH is 1. The van der Waals surface area contributed by atoms with Gasteiger partial charge in [-0.05, 0) is 42.8 Å². The number of halogens is 4. The van der Waals surface area contributed by atoms with E-state index in [0.29, 0.717) is 25.3 Å². The highest BCUT2D eigenvalue weighted by molar-refractivity contribution is 5.93. The Balaban J connectivity index is 0.000000429. The van der Waals surface area contributed by atoms with Crippen LogP contribution in [0.2, 0.25) is 0 Å². The van der Waals surface area contributed by atoms with Crippen LogP contribution >= 0.6 is 0 Å². The van der Waals surface area contributed by atoms with Crippen molar-refractivity contribution in [2.75, 3.05) is 18.0 Å². The van der Waals surface area contributed by atoms with Gasteiger partial charge in [0.15, 0.2) is 5.75 Å². The van der Waals surface area contributed by atoms with Gasteiger partial charge in [-0.3, -0.25) is 4.79 Å². The molecule has 0 aromatic heterocycles. The highest BCUT2D eigenvalue weighted by Crippen LogP contribution is 2.35. The van der Waals surface area contributed by atoms with Gasteiger partial charge in [-0.1, -0.05) is 24.3 Å². The lowest BCUT2D eigenvalue weighted by Crippen LogP contribution is -2.53. The Morgan fingerprint density at radius 2 is 1.80 bits per heavy atom. The lowest BCUT2D eigenvalue weighted by atomic mass is 10.0. The molecule has 2 aliphatic rings. The minimum atomic E-state index is -5.08. The summed E-state index contributed by atoms with van der Waals surface area (Å²) in [6, 6.07) is 13.4. The number of hydrogen-bond acceptors (Lipinski definition) is 6. The second-order valence-electron chi connectivity index (χ2n) is 7.76. The van der Waals surface area contributed by atoms with Crippen molar-refractivity contribution < 1.29 is 42.1 Å². The molecule has 4 rings (SSSR count). The fraction of sp³-hybridized carbons (Fsp3) is 0.304. The summed E-state index contributed by atoms with van der Waals surface area (Å²) in [5.41, 5.74) is 1.73. The average molecular weight is 497 g/mol. The van der Waals surface area contributed by atoms with Gasteiger partial charge in [0.1, 0.15) is 5.82 Å². The number of ether oxygens (including phenoxy) is 1. The molecular formula is C23H23F4N3O5. The lowest BCUT2D eigenvalue weighted by Gasteiger charge is -2.31. The van der Waals surface area contributed by atoms with Gasteiger partial charge in [0.25, 0.3) is 5.91 Å². The van der Waals surface area contributed by atoms with Crippen LogP contribution in [0.4, 0.5) is 23.2 Å². The standard InChI is InChI=1S/C21H22FN3O3.C2HF3O2/c22-15-7-5-14(6-8-15)12-25-13-20(28-19-4-2-1-3-17(19)25)21(27)24-16-9-10-23-11-18(16)26;3-2(4,5)1(6)7/h1-8,13,16,18,23,26H,9-12H2,(H,24,27);(H,6,7). The van der Waals surface area contributed by atoms with Gasteiger partial charge in [-0.15, -0.1) is 0 Å². The van der Waals surface area contributed by atoms with Crippen LogP contribution in [0.5, 0.6) is 5.75 Å². The predicted molar refractivity (Wildman–Crippen MR) is 117 cm³/mol. The summed E-state index contributed by atoms with van der Waals surface area (Å²) in [6.07, 6.45) is -3.42. The summed E-state index contributed by atoms with van der Waals surface area (Å²) in [5.74, 6) is -2.69. The van der Waals surface area contributed by atoms with Crippen LogP contribution < -0.4 is 20.3 Å². The number of carboxylic acids is 1. The van der Waals surface area contributed by atoms with Crippen molar-refractivity contribution in [2.24, 2.45) is 0 Å². The van der Waals surface area contributed by atoms with Crippen molar-refractivity contribution in [3.05, 3.63) is 71.9 Å². The number of hydrogen-bond donors (Lipinski definition) is 4. The second-order valence-corrected chi connectivity index (χ2v) is 7.76. The Kier molecular flexibility index (Phi) is 8.30. The van der Waals surface area contributed by atoms with Crippen LogP contribution in [0.25, 0.3) is 0 Å². The molecule has 12 heteroatoms. The number of nitrogens with zero attached hydrogens (tertiary/aromatic N) is 1. The SMILES string of the molecule is O=C(NC1CCNCC1O)C1=CN(Cc2ccc(F)cc2)c2ccccc2O1.O=C(O)C(F)(F)F. The first-order valence-corrected chi connectivity index (χ1v) is 10.5. The van der Waals surface area contributed by atoms with Crippen molar-refractivity contribution >= 4 is 17.6 Å². The molecule has 4 N–H and O–H groups in total. The predicted octanol–water partition coefficient (Wildman–Crippen LogP) is 2.54. The molecule has 0 aliphatic carbocycles. The Bertz CT molecular complexity index is 1080. The highest BCUT2D eigenvalue weighted by Gasteiger charge is 2.38. The fourth-order valence-corrected chi connectivity index (χ4v) is 3.41. The number of carboxylic acid groups (broad SMARTS) is 1. The molecule has 1 saturated heterocycles. The van der Waals surface area contributed by atoms with Crippen LogP contribution in [-0.2, 0) is 16.1 Å². The Morgan fingerprint density at radius 3 is 2.43 bits per heavy atom. The van der Waals surface area contributed by atoms with Crippen LogP contribution in [0.15, 0.2) is 60.5 Å². The van der Waals surface area contributed by atoms with Gasteiger partial charge >= 0.3 is 12.1 Å². The van der Waals surface area contributed by atoms with E-state index in [1.54, 1.807) is 24.4 Å². The number of benzene rings is 2. The minimum Gasteiger partial charge on any atom is -0.475 e. The molecular weight excluding hydrogens is 474 g/mol. The molecule has 0 saturated carbocycles. The third-order valence-corrected chi connectivity index (χ3v) is 5.17. The van der Waals surface area contributed by atoms with Crippen molar-refractivity contribution in [2.45, 2.75) is 31.3 Å². The number of β-amino-alcohol motifs (C(OH)–C–C–N with tert-alkyl or cyclic N) is 1. The lowest BCUT2D eigenvalue weighted by molar-refractivity contribution is -0.192. The smallest absolute Gasteiger partial charge is 0.475 e. The van der Waals surface area contributed by atoms with E-state index in [2.05, 4.69) is 10.6 Å². The largest absolute Gasteiger partial charge is 0.490 e. The zero-order valence-corrected chi connectivity index (χ0v) is 18.3. The molecule has 0 radical (unpaired) electrons. The molecule has 2 atom stereocenters. The quantitative estimate of drug-likeness (QED) is 0.481. The second kappa shape index (κ2) is 11.2. The van der Waals surface area contributed by atoms with Gasteiger partial charge in [0, 0.05) is 13.1 Å². The van der Waals surface area contributed by atoms with Crippen LogP contribution in [0.1, 0.15) is 12.0 Å². The molecule has 35 heavy (non-hydrogen) atoms. The van der Waals surface area contributed by atoms with E-state index in [1.165, 1.54) is 12.1 Å². The number of amides is 1. The summed E-state index contributed by atoms with van der Waals surface area (Å²) < 4.78 is 50.7. The number of aliphatic hydroxyl groups is 1. The van der Waals surface area contributed by atoms with E-state index in [0.717, 1.165) is 17.8 Å². The van der Waals surface area contributed by atoms with Crippen molar-refractivity contribution in [1.29, 1.82) is 0 Å². The molecule has 2 heterocycles. The van der Waals surface area contributed by atoms with Crippen LogP contribution in [-0.4, -0.2) is 53.5 Å². The number of rotatable bonds is 4. The van der Waals surface area contributed by atoms with Crippen molar-refractivity contribution in [3.63, 3.8) is 0 Å². The number of carbonyl (C=O) groups excluding carboxylic acids is 1. The first-order chi connectivity index (χ1) is 16.5. The summed E-state index contributed by atoms with van der Waals surface area (Å²) in [5, 5.41) is 23.1. The Morgan fingerprint density at radius 1 is 1.14 bits per heavy atom. The van der Waals surface area contributed by atoms with E-state index in [1.807, 2.05) is 23.1 Å². The van der Waals surface area contributed by atoms with Crippen LogP contribution in [0.3, 0.4) is 0 Å². The summed E-state index contributed by atoms with van der Waals surface area (Å²) in [4.78, 5) is 23.6. The van der Waals surface area contributed by atoms with E-state index in [9.17, 15) is 27.5 Å². The topological polar surface area (TPSA) is 111 Å². The minimum absolute atomic E-state index is 0.159. The van der Waals surface area contributed by atoms with E-state index < -0.39 is 18.2 Å². The molecule has 2 aromatic rings. The maximum atomic E-state index is 13.2. The normalized spacial score (nSPS) is 19.3. The first-order valence-electron chi connectivity index (χ1n) is 10.5. The maximum Gasteiger partial charge on any atom is 0.490 e. The van der Waals surface area contributed by atoms with Gasteiger partial charge in [-0.25, -0.2) is 9.18 Å². The fourth-order valence-electron chi connectivity index (χ4n) is 3.41. The summed E-state index contributed by atoms with van der Waals surface area (Å²) in [7, 11) is 0. The zero-order chi connectivity index (χ0) is 25.6. The Hall–Kier alpha value is -3.64. The number of piperidine rings is 1. The molecule has 1 amide bonds. The number of nitrogens with one attached hydrogen (secondary N) is 2. The molecule has 2 aromatic carbocycles. The molecule has 2 unspecified atom stereocenters. The summed E-state index contributed by atoms with van der Waals surface area (Å²) in [6.45, 7) is 1.65. The van der Waals surface area contributed by atoms with Gasteiger partial charge in [-0.2, -0.15) is 13.2 Å². The number of aliphatic carboxylic acids is 1. The monoisotopic (exact) mass is 497 g/mol. The molecule has 188 valence electrons. The number of anilines is 1. The van der Waals surface area contributed by atoms with Crippen molar-refractivity contribution in [1.82, 2.24) is 10.6 Å². The third kappa shape index (κ3) is 7.17. The molecule has 8 nitrogen and oxygen atoms in total. The number of para-hydroxylation sites is 2. The van der Waals surface area contributed by atoms with Gasteiger partial charge < -0.3 is 30.5 Å². The van der Waals surface area contributed by atoms with Crippen molar-refractivity contribution in [3.8, 4) is 5.75 Å². The first kappa shape index (κ1) is 26.0. The number of carbonyl (C=O) groups is 2. The van der Waals surface area contributed by atoms with E-state index >= 15 is 0 Å². The zero-order valence-electron chi connectivity index (χ0n) is 18.3. The average Bonchev–Trinajstić information content (AvgIpc) is 2.81. The van der Waals surface area contributed by atoms with E-state index in [4.69, 9.17) is 14.6 Å². The molecule has 0 bridgehead atoms. The third-order valence-electron chi connectivity index (χ3n) is 5.17. The van der Waals surface area contributed by atoms with E-state index in [-0.39, 0.29) is 23.5 Å². The molecule has 2 aliphatic heterocycles. The maximum absolute atomic E-state index is 13.2. The number of alkyl halides is 3. The molecule has 1 fully saturated rings. The number of fused-ring (bicyclic) bond motifs is 1. The Labute approximate surface area is 197 Å². The summed E-state index contributed by atoms with van der Waals surface area (Å²) >= 11 is 0. The van der Waals surface area contributed by atoms with Gasteiger partial charge in [0.2, 0.25) is 5.76 Å². The van der Waals surface area contributed by atoms with Gasteiger partial charge in [0.05, 0.1) is 24.0 Å².